The predicted molar refractivity (Wildman–Crippen MR) is 121 cm³/mol. The molecule has 2 rings (SSSR count). The summed E-state index contributed by atoms with van der Waals surface area (Å²) in [5.74, 6) is 0.663. The van der Waals surface area contributed by atoms with E-state index in [0.717, 1.165) is 25.2 Å². The molecule has 0 unspecified atom stereocenters. The molecule has 3 N–H and O–H groups in total. The molecule has 0 amide bonds. The lowest BCUT2D eigenvalue weighted by Gasteiger charge is -2.40. The van der Waals surface area contributed by atoms with Crippen molar-refractivity contribution >= 4 is 16.0 Å². The van der Waals surface area contributed by atoms with Crippen LogP contribution in [0.2, 0.25) is 0 Å². The molecule has 0 saturated carbocycles. The monoisotopic (exact) mass is 423 g/mol. The zero-order valence-corrected chi connectivity index (χ0v) is 18.9. The molecule has 1 aliphatic heterocycles. The third kappa shape index (κ3) is 8.72. The Kier molecular flexibility index (Phi) is 9.39. The Morgan fingerprint density at radius 3 is 2.45 bits per heavy atom. The molecule has 7 nitrogen and oxygen atoms in total. The fourth-order valence-electron chi connectivity index (χ4n) is 3.38. The molecule has 1 fully saturated rings. The molecule has 1 aromatic carbocycles. The van der Waals surface area contributed by atoms with Gasteiger partial charge in [0.1, 0.15) is 0 Å². The van der Waals surface area contributed by atoms with Crippen LogP contribution >= 0.6 is 0 Å². The van der Waals surface area contributed by atoms with E-state index >= 15 is 0 Å². The van der Waals surface area contributed by atoms with E-state index in [1.165, 1.54) is 19.3 Å². The zero-order valence-electron chi connectivity index (χ0n) is 18.1. The molecule has 0 radical (unpaired) electrons. The van der Waals surface area contributed by atoms with E-state index in [2.05, 4.69) is 34.1 Å². The van der Waals surface area contributed by atoms with E-state index in [-0.39, 0.29) is 11.3 Å². The average molecular weight is 424 g/mol. The topological polar surface area (TPSA) is 85.8 Å². The van der Waals surface area contributed by atoms with Crippen molar-refractivity contribution in [2.45, 2.75) is 52.1 Å². The van der Waals surface area contributed by atoms with Crippen LogP contribution in [0.5, 0.6) is 0 Å². The highest BCUT2D eigenvalue weighted by Gasteiger charge is 2.27. The normalized spacial score (nSPS) is 16.6. The summed E-state index contributed by atoms with van der Waals surface area (Å²) in [5.41, 5.74) is 0.936. The van der Waals surface area contributed by atoms with Crippen molar-refractivity contribution in [3.63, 3.8) is 0 Å². The van der Waals surface area contributed by atoms with Crippen molar-refractivity contribution in [3.05, 3.63) is 35.9 Å². The van der Waals surface area contributed by atoms with Gasteiger partial charge in [-0.25, -0.2) is 13.1 Å². The van der Waals surface area contributed by atoms with Gasteiger partial charge >= 0.3 is 0 Å². The predicted octanol–water partition coefficient (Wildman–Crippen LogP) is 1.93. The maximum absolute atomic E-state index is 12.2. The molecular formula is C21H37N5O2S. The number of piperidine rings is 1. The molecule has 164 valence electrons. The molecule has 1 heterocycles. The van der Waals surface area contributed by atoms with Gasteiger partial charge in [-0.05, 0) is 52.3 Å². The van der Waals surface area contributed by atoms with Gasteiger partial charge in [0.25, 0.3) is 0 Å². The van der Waals surface area contributed by atoms with E-state index in [0.29, 0.717) is 25.6 Å². The molecule has 8 heteroatoms. The first-order valence-electron chi connectivity index (χ1n) is 10.6. The van der Waals surface area contributed by atoms with Crippen LogP contribution in [-0.2, 0) is 16.6 Å². The number of nitrogens with zero attached hydrogens (tertiary/aromatic N) is 2. The van der Waals surface area contributed by atoms with Crippen LogP contribution < -0.4 is 15.4 Å². The second-order valence-corrected chi connectivity index (χ2v) is 10.0. The number of nitrogens with one attached hydrogen (secondary N) is 3. The number of hydrogen-bond donors (Lipinski definition) is 3. The number of rotatable bonds is 10. The van der Waals surface area contributed by atoms with Crippen molar-refractivity contribution in [1.82, 2.24) is 20.3 Å². The average Bonchev–Trinajstić information content (AvgIpc) is 2.72. The van der Waals surface area contributed by atoms with Gasteiger partial charge in [-0.2, -0.15) is 0 Å². The highest BCUT2D eigenvalue weighted by atomic mass is 32.2. The minimum atomic E-state index is -3.35. The van der Waals surface area contributed by atoms with Crippen molar-refractivity contribution in [2.24, 2.45) is 4.99 Å². The summed E-state index contributed by atoms with van der Waals surface area (Å²) < 4.78 is 27.1. The molecule has 0 bridgehead atoms. The van der Waals surface area contributed by atoms with E-state index in [9.17, 15) is 8.42 Å². The molecule has 0 aromatic heterocycles. The van der Waals surface area contributed by atoms with Gasteiger partial charge in [0.2, 0.25) is 10.0 Å². The molecular weight excluding hydrogens is 386 g/mol. The Balaban J connectivity index is 1.82. The van der Waals surface area contributed by atoms with E-state index < -0.39 is 10.0 Å². The molecule has 29 heavy (non-hydrogen) atoms. The quantitative estimate of drug-likeness (QED) is 0.395. The van der Waals surface area contributed by atoms with Crippen LogP contribution in [0, 0.1) is 0 Å². The number of hydrogen-bond acceptors (Lipinski definition) is 4. The summed E-state index contributed by atoms with van der Waals surface area (Å²) in [6, 6.07) is 9.52. The Morgan fingerprint density at radius 2 is 1.79 bits per heavy atom. The zero-order chi connectivity index (χ0) is 21.2. The van der Waals surface area contributed by atoms with E-state index in [1.54, 1.807) is 0 Å². The van der Waals surface area contributed by atoms with Gasteiger partial charge in [-0.15, -0.1) is 0 Å². The van der Waals surface area contributed by atoms with Crippen LogP contribution in [0.3, 0.4) is 0 Å². The summed E-state index contributed by atoms with van der Waals surface area (Å²) in [6.07, 6.45) is 3.81. The lowest BCUT2D eigenvalue weighted by atomic mass is 9.99. The highest BCUT2D eigenvalue weighted by molar-refractivity contribution is 7.89. The van der Waals surface area contributed by atoms with Crippen LogP contribution in [0.4, 0.5) is 0 Å². The van der Waals surface area contributed by atoms with Crippen LogP contribution in [0.15, 0.2) is 35.3 Å². The molecule has 0 aliphatic carbocycles. The SMILES string of the molecule is CCNC(=NCC(C)(C)N1CCCCC1)NCCS(=O)(=O)NCc1ccccc1. The number of benzene rings is 1. The van der Waals surface area contributed by atoms with Crippen molar-refractivity contribution in [1.29, 1.82) is 0 Å². The molecule has 1 aromatic rings. The van der Waals surface area contributed by atoms with Gasteiger partial charge in [-0.1, -0.05) is 36.8 Å². The smallest absolute Gasteiger partial charge is 0.213 e. The van der Waals surface area contributed by atoms with Crippen LogP contribution in [0.25, 0.3) is 0 Å². The van der Waals surface area contributed by atoms with Crippen molar-refractivity contribution < 1.29 is 8.42 Å². The first-order valence-corrected chi connectivity index (χ1v) is 12.3. The third-order valence-electron chi connectivity index (χ3n) is 5.18. The number of aliphatic imine (C=N–C) groups is 1. The second-order valence-electron chi connectivity index (χ2n) is 8.11. The first kappa shape index (κ1) is 23.6. The fourth-order valence-corrected chi connectivity index (χ4v) is 4.28. The minimum absolute atomic E-state index is 0.000232. The maximum Gasteiger partial charge on any atom is 0.213 e. The Morgan fingerprint density at radius 1 is 1.10 bits per heavy atom. The minimum Gasteiger partial charge on any atom is -0.357 e. The molecule has 1 saturated heterocycles. The van der Waals surface area contributed by atoms with Crippen molar-refractivity contribution in [2.75, 3.05) is 38.5 Å². The van der Waals surface area contributed by atoms with Crippen LogP contribution in [-0.4, -0.2) is 63.3 Å². The summed E-state index contributed by atoms with van der Waals surface area (Å²) in [5, 5.41) is 6.36. The van der Waals surface area contributed by atoms with Crippen LogP contribution in [0.1, 0.15) is 45.6 Å². The van der Waals surface area contributed by atoms with Gasteiger partial charge in [0.15, 0.2) is 5.96 Å². The van der Waals surface area contributed by atoms with Gasteiger partial charge in [0, 0.05) is 25.2 Å². The number of guanidine groups is 1. The second kappa shape index (κ2) is 11.5. The van der Waals surface area contributed by atoms with Gasteiger partial charge in [0.05, 0.1) is 12.3 Å². The van der Waals surface area contributed by atoms with Crippen molar-refractivity contribution in [3.8, 4) is 0 Å². The van der Waals surface area contributed by atoms with Gasteiger partial charge < -0.3 is 10.6 Å². The molecule has 1 aliphatic rings. The first-order chi connectivity index (χ1) is 13.8. The Labute approximate surface area is 176 Å². The largest absolute Gasteiger partial charge is 0.357 e. The van der Waals surface area contributed by atoms with E-state index in [4.69, 9.17) is 4.99 Å². The summed E-state index contributed by atoms with van der Waals surface area (Å²) >= 11 is 0. The Hall–Kier alpha value is -1.64. The summed E-state index contributed by atoms with van der Waals surface area (Å²) in [7, 11) is -3.35. The lowest BCUT2D eigenvalue weighted by Crippen LogP contribution is -2.50. The lowest BCUT2D eigenvalue weighted by molar-refractivity contribution is 0.102. The highest BCUT2D eigenvalue weighted by Crippen LogP contribution is 2.20. The summed E-state index contributed by atoms with van der Waals surface area (Å²) in [6.45, 7) is 10.7. The fraction of sp³-hybridized carbons (Fsp3) is 0.667. The Bertz CT molecular complexity index is 729. The molecule has 0 atom stereocenters. The van der Waals surface area contributed by atoms with E-state index in [1.807, 2.05) is 37.3 Å². The summed E-state index contributed by atoms with van der Waals surface area (Å²) in [4.78, 5) is 7.21. The number of sulfonamides is 1. The number of likely N-dealkylation sites (tertiary alicyclic amines) is 1. The standard InChI is InChI=1S/C21H37N5O2S/c1-4-22-20(24-18-21(2,3)26-14-9-6-10-15-26)23-13-16-29(27,28)25-17-19-11-7-5-8-12-19/h5,7-8,11-12,25H,4,6,9-10,13-18H2,1-3H3,(H2,22,23,24). The van der Waals surface area contributed by atoms with Gasteiger partial charge in [-0.3, -0.25) is 9.89 Å². The third-order valence-corrected chi connectivity index (χ3v) is 6.51. The molecule has 0 spiro atoms. The maximum atomic E-state index is 12.2.